The lowest BCUT2D eigenvalue weighted by atomic mass is 9.91. The standard InChI is InChI=1S/C31H29N3O4/c35-27(33-16-3-4-17-33)26-12-9-22(19-32-26)21-7-10-23(11-8-21)30(13-14-30)29(37)34-18-15-31(20-34)25-6-2-1-5-24(25)28(36)38-31/h1-2,5-12,19H,3-4,13-18,20H2/t31-/m0/s1. The van der Waals surface area contributed by atoms with E-state index in [-0.39, 0.29) is 17.8 Å². The van der Waals surface area contributed by atoms with Gasteiger partial charge >= 0.3 is 5.97 Å². The number of likely N-dealkylation sites (tertiary alicyclic amines) is 2. The molecule has 2 saturated heterocycles. The summed E-state index contributed by atoms with van der Waals surface area (Å²) in [7, 11) is 0. The molecule has 2 aromatic carbocycles. The number of carbonyl (C=O) groups excluding carboxylic acids is 3. The summed E-state index contributed by atoms with van der Waals surface area (Å²) in [5.74, 6) is -0.179. The Morgan fingerprint density at radius 1 is 0.816 bits per heavy atom. The predicted molar refractivity (Wildman–Crippen MR) is 140 cm³/mol. The maximum absolute atomic E-state index is 13.8. The van der Waals surface area contributed by atoms with Gasteiger partial charge in [-0.25, -0.2) is 4.79 Å². The SMILES string of the molecule is O=C1O[C@]2(CCN(C(=O)C3(c4ccc(-c5ccc(C(=O)N6CCCC6)nc5)cc4)CC3)C2)c2ccccc21. The summed E-state index contributed by atoms with van der Waals surface area (Å²) in [5, 5.41) is 0. The third-order valence-corrected chi connectivity index (χ3v) is 8.75. The summed E-state index contributed by atoms with van der Waals surface area (Å²) >= 11 is 0. The molecule has 0 N–H and O–H groups in total. The van der Waals surface area contributed by atoms with Crippen LogP contribution in [0.4, 0.5) is 0 Å². The first-order valence-corrected chi connectivity index (χ1v) is 13.5. The lowest BCUT2D eigenvalue weighted by Crippen LogP contribution is -2.40. The van der Waals surface area contributed by atoms with E-state index in [9.17, 15) is 14.4 Å². The minimum atomic E-state index is -0.724. The Balaban J connectivity index is 1.07. The fourth-order valence-electron chi connectivity index (χ4n) is 6.41. The molecule has 38 heavy (non-hydrogen) atoms. The summed E-state index contributed by atoms with van der Waals surface area (Å²) in [6, 6.07) is 19.4. The largest absolute Gasteiger partial charge is 0.449 e. The highest BCUT2D eigenvalue weighted by Gasteiger charge is 2.57. The zero-order chi connectivity index (χ0) is 25.9. The van der Waals surface area contributed by atoms with Gasteiger partial charge in [-0.05, 0) is 48.9 Å². The molecule has 3 fully saturated rings. The van der Waals surface area contributed by atoms with Crippen molar-refractivity contribution in [3.05, 3.63) is 89.2 Å². The van der Waals surface area contributed by atoms with Crippen molar-refractivity contribution >= 4 is 17.8 Å². The van der Waals surface area contributed by atoms with Gasteiger partial charge in [0.1, 0.15) is 5.69 Å². The molecule has 3 aromatic rings. The van der Waals surface area contributed by atoms with E-state index in [0.717, 1.165) is 61.0 Å². The van der Waals surface area contributed by atoms with Gasteiger partial charge in [0, 0.05) is 43.4 Å². The molecule has 2 amide bonds. The molecule has 7 heteroatoms. The molecule has 1 aromatic heterocycles. The number of aromatic nitrogens is 1. The second kappa shape index (κ2) is 8.51. The highest BCUT2D eigenvalue weighted by molar-refractivity contribution is 5.96. The number of benzene rings is 2. The van der Waals surface area contributed by atoms with Crippen LogP contribution in [-0.2, 0) is 20.5 Å². The Kier molecular flexibility index (Phi) is 5.18. The lowest BCUT2D eigenvalue weighted by molar-refractivity contribution is -0.134. The Hall–Kier alpha value is -4.00. The van der Waals surface area contributed by atoms with Crippen LogP contribution in [-0.4, -0.2) is 58.7 Å². The minimum absolute atomic E-state index is 0.00173. The fraction of sp³-hybridized carbons (Fsp3) is 0.355. The van der Waals surface area contributed by atoms with E-state index >= 15 is 0 Å². The van der Waals surface area contributed by atoms with Crippen LogP contribution in [0.1, 0.15) is 64.1 Å². The number of nitrogens with zero attached hydrogens (tertiary/aromatic N) is 3. The summed E-state index contributed by atoms with van der Waals surface area (Å²) in [5.41, 5.74) is 3.72. The minimum Gasteiger partial charge on any atom is -0.449 e. The van der Waals surface area contributed by atoms with Crippen molar-refractivity contribution < 1.29 is 19.1 Å². The lowest BCUT2D eigenvalue weighted by Gasteiger charge is -2.27. The van der Waals surface area contributed by atoms with Gasteiger partial charge in [-0.3, -0.25) is 14.6 Å². The number of fused-ring (bicyclic) bond motifs is 2. The van der Waals surface area contributed by atoms with E-state index in [4.69, 9.17) is 4.74 Å². The van der Waals surface area contributed by atoms with Gasteiger partial charge < -0.3 is 14.5 Å². The average molecular weight is 508 g/mol. The van der Waals surface area contributed by atoms with Gasteiger partial charge in [0.2, 0.25) is 5.91 Å². The van der Waals surface area contributed by atoms with Gasteiger partial charge in [0.25, 0.3) is 5.91 Å². The van der Waals surface area contributed by atoms with E-state index in [0.29, 0.717) is 30.8 Å². The molecule has 7 nitrogen and oxygen atoms in total. The maximum Gasteiger partial charge on any atom is 0.339 e. The number of carbonyl (C=O) groups is 3. The molecule has 7 rings (SSSR count). The topological polar surface area (TPSA) is 79.8 Å². The van der Waals surface area contributed by atoms with Crippen molar-refractivity contribution in [2.24, 2.45) is 0 Å². The van der Waals surface area contributed by atoms with Crippen molar-refractivity contribution in [2.45, 2.75) is 43.1 Å². The molecule has 0 bridgehead atoms. The van der Waals surface area contributed by atoms with Crippen LogP contribution in [0.2, 0.25) is 0 Å². The molecule has 0 unspecified atom stereocenters. The van der Waals surface area contributed by atoms with E-state index in [1.807, 2.05) is 58.3 Å². The van der Waals surface area contributed by atoms with Crippen LogP contribution in [0.25, 0.3) is 11.1 Å². The second-order valence-electron chi connectivity index (χ2n) is 11.0. The number of amides is 2. The molecule has 1 saturated carbocycles. The highest BCUT2D eigenvalue weighted by atomic mass is 16.6. The Morgan fingerprint density at radius 2 is 1.55 bits per heavy atom. The van der Waals surface area contributed by atoms with E-state index in [1.54, 1.807) is 18.3 Å². The van der Waals surface area contributed by atoms with E-state index in [2.05, 4.69) is 4.98 Å². The number of hydrogen-bond donors (Lipinski definition) is 0. The third kappa shape index (κ3) is 3.56. The molecule has 192 valence electrons. The molecule has 4 heterocycles. The van der Waals surface area contributed by atoms with Crippen LogP contribution in [0.3, 0.4) is 0 Å². The molecule has 1 spiro atoms. The number of hydrogen-bond acceptors (Lipinski definition) is 5. The van der Waals surface area contributed by atoms with Crippen molar-refractivity contribution in [3.63, 3.8) is 0 Å². The van der Waals surface area contributed by atoms with Crippen molar-refractivity contribution in [2.75, 3.05) is 26.2 Å². The molecular weight excluding hydrogens is 478 g/mol. The third-order valence-electron chi connectivity index (χ3n) is 8.75. The van der Waals surface area contributed by atoms with Gasteiger partial charge in [-0.15, -0.1) is 0 Å². The average Bonchev–Trinajstić information content (AvgIpc) is 3.27. The monoisotopic (exact) mass is 507 g/mol. The van der Waals surface area contributed by atoms with Crippen LogP contribution < -0.4 is 0 Å². The van der Waals surface area contributed by atoms with Gasteiger partial charge in [-0.2, -0.15) is 0 Å². The first-order chi connectivity index (χ1) is 18.5. The van der Waals surface area contributed by atoms with Crippen molar-refractivity contribution in [1.29, 1.82) is 0 Å². The van der Waals surface area contributed by atoms with Gasteiger partial charge in [-0.1, -0.05) is 48.5 Å². The van der Waals surface area contributed by atoms with Crippen molar-refractivity contribution in [3.8, 4) is 11.1 Å². The number of pyridine rings is 1. The van der Waals surface area contributed by atoms with Crippen LogP contribution in [0.5, 0.6) is 0 Å². The number of rotatable bonds is 4. The Bertz CT molecular complexity index is 1440. The zero-order valence-electron chi connectivity index (χ0n) is 21.2. The van der Waals surface area contributed by atoms with Crippen LogP contribution in [0.15, 0.2) is 66.9 Å². The molecule has 3 aliphatic heterocycles. The molecule has 0 radical (unpaired) electrons. The van der Waals surface area contributed by atoms with E-state index in [1.165, 1.54) is 0 Å². The van der Waals surface area contributed by atoms with Crippen molar-refractivity contribution in [1.82, 2.24) is 14.8 Å². The predicted octanol–water partition coefficient (Wildman–Crippen LogP) is 4.31. The number of ether oxygens (including phenoxy) is 1. The Labute approximate surface area is 221 Å². The Morgan fingerprint density at radius 3 is 2.26 bits per heavy atom. The maximum atomic E-state index is 13.8. The summed E-state index contributed by atoms with van der Waals surface area (Å²) < 4.78 is 5.85. The summed E-state index contributed by atoms with van der Waals surface area (Å²) in [4.78, 5) is 47.0. The smallest absolute Gasteiger partial charge is 0.339 e. The quantitative estimate of drug-likeness (QED) is 0.492. The molecular formula is C31H29N3O4. The first kappa shape index (κ1) is 23.1. The first-order valence-electron chi connectivity index (χ1n) is 13.5. The normalized spacial score (nSPS) is 23.0. The van der Waals surface area contributed by atoms with Gasteiger partial charge in [0.05, 0.1) is 17.5 Å². The molecule has 4 aliphatic rings. The highest BCUT2D eigenvalue weighted by Crippen LogP contribution is 2.52. The summed E-state index contributed by atoms with van der Waals surface area (Å²) in [6.07, 6.45) is 6.13. The van der Waals surface area contributed by atoms with Gasteiger partial charge in [0.15, 0.2) is 5.60 Å². The second-order valence-corrected chi connectivity index (χ2v) is 11.0. The number of esters is 1. The molecule has 1 atom stereocenters. The molecule has 1 aliphatic carbocycles. The van der Waals surface area contributed by atoms with Crippen LogP contribution >= 0.6 is 0 Å². The summed E-state index contributed by atoms with van der Waals surface area (Å²) in [6.45, 7) is 2.60. The zero-order valence-corrected chi connectivity index (χ0v) is 21.2. The fourth-order valence-corrected chi connectivity index (χ4v) is 6.41. The van der Waals surface area contributed by atoms with E-state index < -0.39 is 11.0 Å². The van der Waals surface area contributed by atoms with Crippen LogP contribution in [0, 0.1) is 0 Å².